The molecule has 9 nitrogen and oxygen atoms in total. The van der Waals surface area contributed by atoms with Gasteiger partial charge >= 0.3 is 0 Å². The molecule has 1 N–H and O–H groups in total. The Bertz CT molecular complexity index is 1260. The van der Waals surface area contributed by atoms with Gasteiger partial charge in [0.2, 0.25) is 11.8 Å². The molecule has 1 unspecified atom stereocenters. The monoisotopic (exact) mass is 472 g/mol. The topological polar surface area (TPSA) is 102 Å². The number of anilines is 1. The first-order chi connectivity index (χ1) is 16.9. The van der Waals surface area contributed by atoms with Gasteiger partial charge in [-0.25, -0.2) is 0 Å². The zero-order valence-corrected chi connectivity index (χ0v) is 19.9. The molecule has 9 heteroatoms. The Morgan fingerprint density at radius 3 is 2.37 bits per heavy atom. The summed E-state index contributed by atoms with van der Waals surface area (Å²) >= 11 is 0. The number of pyridine rings is 1. The number of benzene rings is 1. The second-order valence-corrected chi connectivity index (χ2v) is 9.19. The second kappa shape index (κ2) is 9.32. The first kappa shape index (κ1) is 22.8. The quantitative estimate of drug-likeness (QED) is 0.628. The number of aromatic amines is 1. The summed E-state index contributed by atoms with van der Waals surface area (Å²) in [5.41, 5.74) is 5.12. The highest BCUT2D eigenvalue weighted by atomic mass is 16.2. The molecule has 0 spiro atoms. The van der Waals surface area contributed by atoms with Crippen LogP contribution in [0.5, 0.6) is 0 Å². The van der Waals surface area contributed by atoms with Crippen LogP contribution in [0.3, 0.4) is 0 Å². The molecule has 2 aliphatic heterocycles. The van der Waals surface area contributed by atoms with Crippen molar-refractivity contribution in [1.82, 2.24) is 25.0 Å². The van der Waals surface area contributed by atoms with E-state index in [1.165, 1.54) is 5.56 Å². The first-order valence-electron chi connectivity index (χ1n) is 11.8. The third kappa shape index (κ3) is 4.53. The minimum atomic E-state index is -0.359. The zero-order valence-electron chi connectivity index (χ0n) is 19.9. The van der Waals surface area contributed by atoms with Crippen LogP contribution in [0.2, 0.25) is 0 Å². The van der Waals surface area contributed by atoms with E-state index >= 15 is 0 Å². The number of aromatic nitrogens is 3. The maximum atomic E-state index is 13.2. The SMILES string of the molecule is Cc1ccc(N2CC(C(=O)N3CCN(C(=O)c4cc(-c5ccncc5)n[nH]4)CC3)CC2=O)cc1C. The van der Waals surface area contributed by atoms with Crippen molar-refractivity contribution < 1.29 is 14.4 Å². The molecule has 5 rings (SSSR count). The van der Waals surface area contributed by atoms with Gasteiger partial charge in [0.1, 0.15) is 5.69 Å². The lowest BCUT2D eigenvalue weighted by molar-refractivity contribution is -0.137. The van der Waals surface area contributed by atoms with E-state index in [1.54, 1.807) is 33.2 Å². The summed E-state index contributed by atoms with van der Waals surface area (Å²) in [6, 6.07) is 11.4. The summed E-state index contributed by atoms with van der Waals surface area (Å²) in [5, 5.41) is 7.07. The average Bonchev–Trinajstić information content (AvgIpc) is 3.53. The molecule has 3 amide bonds. The van der Waals surface area contributed by atoms with Crippen molar-refractivity contribution in [2.24, 2.45) is 5.92 Å². The molecule has 0 bridgehead atoms. The fourth-order valence-electron chi connectivity index (χ4n) is 4.68. The standard InChI is InChI=1S/C26H28N6O3/c1-17-3-4-21(13-18(17)2)32-16-20(14-24(32)33)25(34)30-9-11-31(12-10-30)26(35)23-15-22(28-29-23)19-5-7-27-8-6-19/h3-8,13,15,20H,9-12,14,16H2,1-2H3,(H,28,29). The minimum Gasteiger partial charge on any atom is -0.339 e. The number of piperazine rings is 1. The van der Waals surface area contributed by atoms with Crippen molar-refractivity contribution in [1.29, 1.82) is 0 Å². The summed E-state index contributed by atoms with van der Waals surface area (Å²) in [4.78, 5) is 48.0. The van der Waals surface area contributed by atoms with E-state index < -0.39 is 0 Å². The van der Waals surface area contributed by atoms with Gasteiger partial charge in [-0.2, -0.15) is 5.10 Å². The van der Waals surface area contributed by atoms with Crippen LogP contribution in [0.15, 0.2) is 48.8 Å². The second-order valence-electron chi connectivity index (χ2n) is 9.19. The summed E-state index contributed by atoms with van der Waals surface area (Å²) in [6.45, 7) is 6.23. The van der Waals surface area contributed by atoms with Crippen LogP contribution in [-0.4, -0.2) is 75.4 Å². The average molecular weight is 473 g/mol. The molecule has 2 aromatic heterocycles. The molecule has 35 heavy (non-hydrogen) atoms. The van der Waals surface area contributed by atoms with Crippen molar-refractivity contribution in [2.45, 2.75) is 20.3 Å². The molecule has 1 aromatic carbocycles. The molecule has 4 heterocycles. The number of hydrogen-bond donors (Lipinski definition) is 1. The van der Waals surface area contributed by atoms with E-state index in [4.69, 9.17) is 0 Å². The number of carbonyl (C=O) groups is 3. The predicted octanol–water partition coefficient (Wildman–Crippen LogP) is 2.43. The maximum Gasteiger partial charge on any atom is 0.272 e. The lowest BCUT2D eigenvalue weighted by Gasteiger charge is -2.35. The maximum absolute atomic E-state index is 13.2. The highest BCUT2D eigenvalue weighted by Crippen LogP contribution is 2.28. The van der Waals surface area contributed by atoms with Crippen LogP contribution in [0.4, 0.5) is 5.69 Å². The van der Waals surface area contributed by atoms with Crippen LogP contribution < -0.4 is 4.90 Å². The zero-order chi connectivity index (χ0) is 24.5. The number of amides is 3. The third-order valence-electron chi connectivity index (χ3n) is 6.94. The van der Waals surface area contributed by atoms with Crippen LogP contribution in [0.1, 0.15) is 28.0 Å². The van der Waals surface area contributed by atoms with Gasteiger partial charge < -0.3 is 14.7 Å². The van der Waals surface area contributed by atoms with Crippen molar-refractivity contribution in [2.75, 3.05) is 37.6 Å². The largest absolute Gasteiger partial charge is 0.339 e. The molecule has 2 saturated heterocycles. The van der Waals surface area contributed by atoms with Gasteiger partial charge in [0.05, 0.1) is 11.6 Å². The molecular formula is C26H28N6O3. The normalized spacial score (nSPS) is 18.3. The van der Waals surface area contributed by atoms with Gasteiger partial charge in [-0.05, 0) is 55.3 Å². The Balaban J connectivity index is 1.18. The number of carbonyl (C=O) groups excluding carboxylic acids is 3. The third-order valence-corrected chi connectivity index (χ3v) is 6.94. The van der Waals surface area contributed by atoms with Crippen molar-refractivity contribution in [3.05, 3.63) is 65.6 Å². The van der Waals surface area contributed by atoms with Gasteiger partial charge in [-0.1, -0.05) is 6.07 Å². The summed E-state index contributed by atoms with van der Waals surface area (Å²) < 4.78 is 0. The summed E-state index contributed by atoms with van der Waals surface area (Å²) in [6.07, 6.45) is 3.58. The number of rotatable bonds is 4. The number of aryl methyl sites for hydroxylation is 2. The van der Waals surface area contributed by atoms with E-state index in [2.05, 4.69) is 15.2 Å². The van der Waals surface area contributed by atoms with Gasteiger partial charge in [0.25, 0.3) is 5.91 Å². The Kier molecular flexibility index (Phi) is 6.07. The van der Waals surface area contributed by atoms with E-state index in [0.29, 0.717) is 44.1 Å². The molecule has 2 fully saturated rings. The van der Waals surface area contributed by atoms with Crippen molar-refractivity contribution in [3.8, 4) is 11.3 Å². The van der Waals surface area contributed by atoms with Gasteiger partial charge in [-0.3, -0.25) is 24.5 Å². The predicted molar refractivity (Wildman–Crippen MR) is 131 cm³/mol. The first-order valence-corrected chi connectivity index (χ1v) is 11.8. The molecule has 0 aliphatic carbocycles. The van der Waals surface area contributed by atoms with Gasteiger partial charge in [-0.15, -0.1) is 0 Å². The molecular weight excluding hydrogens is 444 g/mol. The molecule has 0 radical (unpaired) electrons. The van der Waals surface area contributed by atoms with Crippen LogP contribution in [0, 0.1) is 19.8 Å². The van der Waals surface area contributed by atoms with Crippen LogP contribution in [0.25, 0.3) is 11.3 Å². The summed E-state index contributed by atoms with van der Waals surface area (Å²) in [5.74, 6) is -0.535. The van der Waals surface area contributed by atoms with Crippen molar-refractivity contribution in [3.63, 3.8) is 0 Å². The fraction of sp³-hybridized carbons (Fsp3) is 0.346. The molecule has 1 atom stereocenters. The lowest BCUT2D eigenvalue weighted by atomic mass is 10.1. The van der Waals surface area contributed by atoms with Gasteiger partial charge in [0.15, 0.2) is 0 Å². The van der Waals surface area contributed by atoms with E-state index in [-0.39, 0.29) is 30.1 Å². The minimum absolute atomic E-state index is 0.0155. The number of H-pyrrole nitrogens is 1. The number of nitrogens with zero attached hydrogens (tertiary/aromatic N) is 5. The Morgan fingerprint density at radius 1 is 0.943 bits per heavy atom. The Morgan fingerprint density at radius 2 is 1.66 bits per heavy atom. The summed E-state index contributed by atoms with van der Waals surface area (Å²) in [7, 11) is 0. The molecule has 3 aromatic rings. The highest BCUT2D eigenvalue weighted by molar-refractivity contribution is 6.00. The Labute approximate surface area is 203 Å². The highest BCUT2D eigenvalue weighted by Gasteiger charge is 2.38. The van der Waals surface area contributed by atoms with Crippen molar-refractivity contribution >= 4 is 23.4 Å². The Hall–Kier alpha value is -4.01. The molecule has 180 valence electrons. The van der Waals surface area contributed by atoms with Crippen LogP contribution >= 0.6 is 0 Å². The smallest absolute Gasteiger partial charge is 0.272 e. The number of hydrogen-bond acceptors (Lipinski definition) is 5. The van der Waals surface area contributed by atoms with E-state index in [0.717, 1.165) is 16.8 Å². The molecule has 2 aliphatic rings. The molecule has 0 saturated carbocycles. The number of nitrogens with one attached hydrogen (secondary N) is 1. The van der Waals surface area contributed by atoms with Gasteiger partial charge in [0, 0.05) is 62.8 Å². The van der Waals surface area contributed by atoms with Crippen LogP contribution in [-0.2, 0) is 9.59 Å². The van der Waals surface area contributed by atoms with E-state index in [9.17, 15) is 14.4 Å². The lowest BCUT2D eigenvalue weighted by Crippen LogP contribution is -2.52. The van der Waals surface area contributed by atoms with E-state index in [1.807, 2.05) is 44.2 Å². The fourth-order valence-corrected chi connectivity index (χ4v) is 4.68.